The molecule has 1 fully saturated rings. The molecule has 0 radical (unpaired) electrons. The molecule has 5 heteroatoms. The molecule has 92 valence electrons. The second kappa shape index (κ2) is 4.72. The van der Waals surface area contributed by atoms with Gasteiger partial charge in [-0.25, -0.2) is 19.9 Å². The van der Waals surface area contributed by atoms with Crippen LogP contribution in [0.25, 0.3) is 11.6 Å². The lowest BCUT2D eigenvalue weighted by atomic mass is 10.2. The zero-order valence-electron chi connectivity index (χ0n) is 10.1. The first-order chi connectivity index (χ1) is 8.78. The Morgan fingerprint density at radius 1 is 1.11 bits per heavy atom. The van der Waals surface area contributed by atoms with Gasteiger partial charge in [-0.15, -0.1) is 0 Å². The lowest BCUT2D eigenvalue weighted by Gasteiger charge is -2.06. The summed E-state index contributed by atoms with van der Waals surface area (Å²) in [5, 5.41) is 0.799. The van der Waals surface area contributed by atoms with Crippen molar-refractivity contribution in [3.05, 3.63) is 35.4 Å². The molecule has 18 heavy (non-hydrogen) atoms. The van der Waals surface area contributed by atoms with Crippen molar-refractivity contribution in [2.24, 2.45) is 0 Å². The first kappa shape index (κ1) is 11.7. The van der Waals surface area contributed by atoms with Crippen molar-refractivity contribution in [2.75, 3.05) is 0 Å². The van der Waals surface area contributed by atoms with Crippen LogP contribution in [0.5, 0.6) is 0 Å². The van der Waals surface area contributed by atoms with Gasteiger partial charge in [0, 0.05) is 35.4 Å². The van der Waals surface area contributed by atoms with Crippen LogP contribution in [0.15, 0.2) is 18.6 Å². The Kier molecular flexibility index (Phi) is 3.07. The number of nitrogens with zero attached hydrogens (tertiary/aromatic N) is 4. The highest BCUT2D eigenvalue weighted by Gasteiger charge is 2.28. The molecule has 2 aromatic heterocycles. The van der Waals surface area contributed by atoms with E-state index < -0.39 is 0 Å². The second-order valence-corrected chi connectivity index (χ2v) is 5.16. The standard InChI is InChI=1S/C13H13BrN4/c1-8-5-15-12(16-6-8)13-17-7-10(4-14)11(18-13)9-2-3-9/h5-7,9H,2-4H2,1H3. The van der Waals surface area contributed by atoms with Gasteiger partial charge in [0.15, 0.2) is 11.6 Å². The minimum Gasteiger partial charge on any atom is -0.234 e. The molecule has 3 rings (SSSR count). The second-order valence-electron chi connectivity index (χ2n) is 4.60. The van der Waals surface area contributed by atoms with Crippen molar-refractivity contribution in [3.63, 3.8) is 0 Å². The average Bonchev–Trinajstić information content (AvgIpc) is 3.23. The van der Waals surface area contributed by atoms with Gasteiger partial charge in [-0.1, -0.05) is 15.9 Å². The van der Waals surface area contributed by atoms with Crippen molar-refractivity contribution < 1.29 is 0 Å². The fourth-order valence-corrected chi connectivity index (χ4v) is 2.28. The van der Waals surface area contributed by atoms with Crippen molar-refractivity contribution in [1.82, 2.24) is 19.9 Å². The highest BCUT2D eigenvalue weighted by Crippen LogP contribution is 2.41. The summed E-state index contributed by atoms with van der Waals surface area (Å²) < 4.78 is 0. The highest BCUT2D eigenvalue weighted by atomic mass is 79.9. The van der Waals surface area contributed by atoms with Crippen LogP contribution in [-0.2, 0) is 5.33 Å². The largest absolute Gasteiger partial charge is 0.234 e. The molecule has 0 atom stereocenters. The molecular weight excluding hydrogens is 292 g/mol. The average molecular weight is 305 g/mol. The van der Waals surface area contributed by atoms with Gasteiger partial charge in [0.05, 0.1) is 5.69 Å². The SMILES string of the molecule is Cc1cnc(-c2ncc(CBr)c(C3CC3)n2)nc1. The van der Waals surface area contributed by atoms with E-state index in [2.05, 4.69) is 35.9 Å². The van der Waals surface area contributed by atoms with Crippen LogP contribution in [0.3, 0.4) is 0 Å². The molecule has 0 aliphatic heterocycles. The van der Waals surface area contributed by atoms with Gasteiger partial charge in [-0.2, -0.15) is 0 Å². The zero-order chi connectivity index (χ0) is 12.5. The van der Waals surface area contributed by atoms with E-state index in [-0.39, 0.29) is 0 Å². The van der Waals surface area contributed by atoms with Crippen LogP contribution in [0.4, 0.5) is 0 Å². The Hall–Kier alpha value is -1.36. The number of alkyl halides is 1. The summed E-state index contributed by atoms with van der Waals surface area (Å²) in [6.07, 6.45) is 7.92. The van der Waals surface area contributed by atoms with E-state index in [0.29, 0.717) is 17.6 Å². The molecule has 0 spiro atoms. The molecule has 2 heterocycles. The Bertz CT molecular complexity index is 564. The Balaban J connectivity index is 2.02. The topological polar surface area (TPSA) is 51.6 Å². The summed E-state index contributed by atoms with van der Waals surface area (Å²) in [5.41, 5.74) is 3.37. The van der Waals surface area contributed by atoms with Crippen molar-refractivity contribution >= 4 is 15.9 Å². The van der Waals surface area contributed by atoms with Crippen LogP contribution in [0.1, 0.15) is 35.6 Å². The first-order valence-corrected chi connectivity index (χ1v) is 7.11. The van der Waals surface area contributed by atoms with Gasteiger partial charge in [-0.05, 0) is 25.3 Å². The molecule has 0 N–H and O–H groups in total. The number of hydrogen-bond donors (Lipinski definition) is 0. The molecule has 1 saturated carbocycles. The Labute approximate surface area is 114 Å². The maximum atomic E-state index is 4.64. The molecule has 0 saturated heterocycles. The summed E-state index contributed by atoms with van der Waals surface area (Å²) in [7, 11) is 0. The molecule has 0 unspecified atom stereocenters. The smallest absolute Gasteiger partial charge is 0.197 e. The molecular formula is C13H13BrN4. The lowest BCUT2D eigenvalue weighted by Crippen LogP contribution is -2.01. The minimum atomic E-state index is 0.601. The van der Waals surface area contributed by atoms with Crippen molar-refractivity contribution in [3.8, 4) is 11.6 Å². The number of halogens is 1. The van der Waals surface area contributed by atoms with Crippen molar-refractivity contribution in [1.29, 1.82) is 0 Å². The van der Waals surface area contributed by atoms with E-state index >= 15 is 0 Å². The van der Waals surface area contributed by atoms with E-state index in [1.807, 2.05) is 13.1 Å². The first-order valence-electron chi connectivity index (χ1n) is 5.98. The molecule has 0 aromatic carbocycles. The van der Waals surface area contributed by atoms with Crippen LogP contribution in [0, 0.1) is 6.92 Å². The minimum absolute atomic E-state index is 0.601. The molecule has 4 nitrogen and oxygen atoms in total. The van der Waals surface area contributed by atoms with E-state index in [4.69, 9.17) is 0 Å². The number of aromatic nitrogens is 4. The zero-order valence-corrected chi connectivity index (χ0v) is 11.7. The summed E-state index contributed by atoms with van der Waals surface area (Å²) in [4.78, 5) is 17.5. The lowest BCUT2D eigenvalue weighted by molar-refractivity contribution is 0.945. The van der Waals surface area contributed by atoms with Gasteiger partial charge in [0.25, 0.3) is 0 Å². The quantitative estimate of drug-likeness (QED) is 0.818. The number of hydrogen-bond acceptors (Lipinski definition) is 4. The fourth-order valence-electron chi connectivity index (χ4n) is 1.85. The summed E-state index contributed by atoms with van der Waals surface area (Å²) in [6.45, 7) is 1.97. The van der Waals surface area contributed by atoms with Crippen LogP contribution in [0.2, 0.25) is 0 Å². The summed E-state index contributed by atoms with van der Waals surface area (Å²) in [5.74, 6) is 1.83. The van der Waals surface area contributed by atoms with Crippen LogP contribution in [-0.4, -0.2) is 19.9 Å². The molecule has 2 aromatic rings. The highest BCUT2D eigenvalue weighted by molar-refractivity contribution is 9.08. The van der Waals surface area contributed by atoms with E-state index in [9.17, 15) is 0 Å². The number of aryl methyl sites for hydroxylation is 1. The third kappa shape index (κ3) is 2.27. The number of rotatable bonds is 3. The third-order valence-electron chi connectivity index (χ3n) is 2.99. The fraction of sp³-hybridized carbons (Fsp3) is 0.385. The van der Waals surface area contributed by atoms with E-state index in [1.165, 1.54) is 18.4 Å². The van der Waals surface area contributed by atoms with E-state index in [1.54, 1.807) is 12.4 Å². The third-order valence-corrected chi connectivity index (χ3v) is 3.59. The predicted octanol–water partition coefficient (Wildman–Crippen LogP) is 3.01. The Morgan fingerprint density at radius 3 is 2.39 bits per heavy atom. The summed E-state index contributed by atoms with van der Waals surface area (Å²) in [6, 6.07) is 0. The van der Waals surface area contributed by atoms with Gasteiger partial charge in [0.1, 0.15) is 0 Å². The van der Waals surface area contributed by atoms with Crippen molar-refractivity contribution in [2.45, 2.75) is 31.0 Å². The van der Waals surface area contributed by atoms with Gasteiger partial charge in [-0.3, -0.25) is 0 Å². The van der Waals surface area contributed by atoms with E-state index in [0.717, 1.165) is 16.6 Å². The molecule has 1 aliphatic rings. The molecule has 0 bridgehead atoms. The maximum absolute atomic E-state index is 4.64. The monoisotopic (exact) mass is 304 g/mol. The molecule has 0 amide bonds. The maximum Gasteiger partial charge on any atom is 0.197 e. The van der Waals surface area contributed by atoms with Gasteiger partial charge in [0.2, 0.25) is 0 Å². The van der Waals surface area contributed by atoms with Gasteiger partial charge >= 0.3 is 0 Å². The van der Waals surface area contributed by atoms with Crippen LogP contribution < -0.4 is 0 Å². The Morgan fingerprint density at radius 2 is 1.78 bits per heavy atom. The van der Waals surface area contributed by atoms with Gasteiger partial charge < -0.3 is 0 Å². The predicted molar refractivity (Wildman–Crippen MR) is 72.4 cm³/mol. The summed E-state index contributed by atoms with van der Waals surface area (Å²) >= 11 is 3.48. The van der Waals surface area contributed by atoms with Crippen LogP contribution >= 0.6 is 15.9 Å². The normalized spacial score (nSPS) is 14.8. The molecule has 1 aliphatic carbocycles.